The van der Waals surface area contributed by atoms with Gasteiger partial charge in [0.15, 0.2) is 5.82 Å². The van der Waals surface area contributed by atoms with Crippen molar-refractivity contribution in [2.24, 2.45) is 0 Å². The number of aryl methyl sites for hydroxylation is 1. The predicted octanol–water partition coefficient (Wildman–Crippen LogP) is 2.59. The molecule has 7 heteroatoms. The van der Waals surface area contributed by atoms with E-state index < -0.39 is 0 Å². The first-order valence-corrected chi connectivity index (χ1v) is 8.75. The summed E-state index contributed by atoms with van der Waals surface area (Å²) >= 11 is 0. The van der Waals surface area contributed by atoms with Gasteiger partial charge in [-0.2, -0.15) is 0 Å². The molecule has 1 aliphatic heterocycles. The number of hydrogen-bond donors (Lipinski definition) is 1. The molecule has 1 atom stereocenters. The van der Waals surface area contributed by atoms with Gasteiger partial charge in [0.05, 0.1) is 5.56 Å². The number of nitrogens with zero attached hydrogens (tertiary/aromatic N) is 5. The molecule has 4 rings (SSSR count). The molecule has 3 aromatic heterocycles. The van der Waals surface area contributed by atoms with Crippen molar-refractivity contribution in [2.75, 3.05) is 13.1 Å². The molecule has 1 amide bonds. The zero-order valence-electron chi connectivity index (χ0n) is 14.6. The van der Waals surface area contributed by atoms with Gasteiger partial charge in [0.25, 0.3) is 5.91 Å². The van der Waals surface area contributed by atoms with Crippen LogP contribution in [-0.2, 0) is 0 Å². The number of rotatable bonds is 3. The number of H-pyrrole nitrogens is 1. The van der Waals surface area contributed by atoms with E-state index in [1.54, 1.807) is 30.9 Å². The number of aromatic amines is 1. The molecule has 4 heterocycles. The molecule has 0 aliphatic carbocycles. The molecule has 0 spiro atoms. The van der Waals surface area contributed by atoms with Gasteiger partial charge in [-0.05, 0) is 38.0 Å². The van der Waals surface area contributed by atoms with Crippen LogP contribution in [0.5, 0.6) is 0 Å². The number of nitrogens with one attached hydrogen (secondary N) is 1. The Hall–Kier alpha value is -3.09. The number of pyridine rings is 1. The second kappa shape index (κ2) is 7.03. The monoisotopic (exact) mass is 348 g/mol. The summed E-state index contributed by atoms with van der Waals surface area (Å²) in [4.78, 5) is 35.2. The number of aromatic nitrogens is 5. The molecule has 1 fully saturated rings. The van der Waals surface area contributed by atoms with Crippen molar-refractivity contribution in [3.8, 4) is 11.5 Å². The van der Waals surface area contributed by atoms with Crippen LogP contribution in [0.1, 0.15) is 40.6 Å². The lowest BCUT2D eigenvalue weighted by Crippen LogP contribution is -2.39. The van der Waals surface area contributed by atoms with E-state index in [4.69, 9.17) is 0 Å². The van der Waals surface area contributed by atoms with Gasteiger partial charge >= 0.3 is 0 Å². The van der Waals surface area contributed by atoms with Gasteiger partial charge in [-0.1, -0.05) is 0 Å². The second-order valence-corrected chi connectivity index (χ2v) is 6.50. The highest BCUT2D eigenvalue weighted by atomic mass is 16.2. The third-order valence-corrected chi connectivity index (χ3v) is 4.63. The smallest absolute Gasteiger partial charge is 0.255 e. The Morgan fingerprint density at radius 1 is 1.31 bits per heavy atom. The average Bonchev–Trinajstić information content (AvgIpc) is 3.23. The molecule has 132 valence electrons. The average molecular weight is 348 g/mol. The van der Waals surface area contributed by atoms with E-state index in [9.17, 15) is 4.79 Å². The van der Waals surface area contributed by atoms with Crippen LogP contribution in [0.25, 0.3) is 11.5 Å². The van der Waals surface area contributed by atoms with E-state index in [2.05, 4.69) is 24.9 Å². The molecule has 0 radical (unpaired) electrons. The normalized spacial score (nSPS) is 17.3. The molecule has 1 N–H and O–H groups in total. The molecule has 0 bridgehead atoms. The summed E-state index contributed by atoms with van der Waals surface area (Å²) in [5.41, 5.74) is 2.38. The molecule has 3 aromatic rings. The molecular formula is C19H20N6O. The SMILES string of the molecule is Cc1nc(-c2ncc[nH]2)cc([C@@H]2CCCN(C(=O)c3cccnc3)C2)n1. The fraction of sp³-hybridized carbons (Fsp3) is 0.316. The van der Waals surface area contributed by atoms with Crippen LogP contribution in [-0.4, -0.2) is 48.8 Å². The van der Waals surface area contributed by atoms with Gasteiger partial charge in [-0.3, -0.25) is 9.78 Å². The first-order chi connectivity index (χ1) is 12.7. The minimum atomic E-state index is 0.0276. The van der Waals surface area contributed by atoms with Crippen LogP contribution in [0.4, 0.5) is 0 Å². The Bertz CT molecular complexity index is 894. The third kappa shape index (κ3) is 3.33. The van der Waals surface area contributed by atoms with E-state index in [1.165, 1.54) is 0 Å². The highest BCUT2D eigenvalue weighted by Gasteiger charge is 2.27. The first-order valence-electron chi connectivity index (χ1n) is 8.75. The van der Waals surface area contributed by atoms with Gasteiger partial charge in [0, 0.05) is 49.5 Å². The number of piperidine rings is 1. The zero-order valence-corrected chi connectivity index (χ0v) is 14.6. The van der Waals surface area contributed by atoms with Crippen LogP contribution in [0, 0.1) is 6.92 Å². The minimum Gasteiger partial charge on any atom is -0.343 e. The van der Waals surface area contributed by atoms with Gasteiger partial charge < -0.3 is 9.88 Å². The Morgan fingerprint density at radius 2 is 2.23 bits per heavy atom. The quantitative estimate of drug-likeness (QED) is 0.786. The fourth-order valence-corrected chi connectivity index (χ4v) is 3.40. The fourth-order valence-electron chi connectivity index (χ4n) is 3.40. The van der Waals surface area contributed by atoms with Gasteiger partial charge in [0.2, 0.25) is 0 Å². The summed E-state index contributed by atoms with van der Waals surface area (Å²) in [7, 11) is 0. The van der Waals surface area contributed by atoms with E-state index in [0.717, 1.165) is 36.6 Å². The van der Waals surface area contributed by atoms with Crippen LogP contribution >= 0.6 is 0 Å². The predicted molar refractivity (Wildman–Crippen MR) is 96.5 cm³/mol. The van der Waals surface area contributed by atoms with Crippen molar-refractivity contribution in [3.05, 3.63) is 60.1 Å². The number of hydrogen-bond acceptors (Lipinski definition) is 5. The Morgan fingerprint density at radius 3 is 3.00 bits per heavy atom. The summed E-state index contributed by atoms with van der Waals surface area (Å²) in [6.07, 6.45) is 8.74. The standard InChI is InChI=1S/C19H20N6O/c1-13-23-16(10-17(24-13)18-21-7-8-22-18)15-5-3-9-25(12-15)19(26)14-4-2-6-20-11-14/h2,4,6-8,10-11,15H,3,5,9,12H2,1H3,(H,21,22)/t15-/m1/s1. The van der Waals surface area contributed by atoms with Crippen molar-refractivity contribution in [1.82, 2.24) is 29.8 Å². The second-order valence-electron chi connectivity index (χ2n) is 6.50. The van der Waals surface area contributed by atoms with E-state index >= 15 is 0 Å². The van der Waals surface area contributed by atoms with Gasteiger partial charge in [0.1, 0.15) is 11.5 Å². The molecule has 0 aromatic carbocycles. The molecule has 1 aliphatic rings. The van der Waals surface area contributed by atoms with Gasteiger partial charge in [-0.25, -0.2) is 15.0 Å². The van der Waals surface area contributed by atoms with Crippen LogP contribution < -0.4 is 0 Å². The maximum absolute atomic E-state index is 12.7. The lowest BCUT2D eigenvalue weighted by atomic mass is 9.93. The zero-order chi connectivity index (χ0) is 17.9. The van der Waals surface area contributed by atoms with E-state index in [-0.39, 0.29) is 11.8 Å². The molecule has 0 saturated carbocycles. The highest BCUT2D eigenvalue weighted by Crippen LogP contribution is 2.28. The number of imidazole rings is 1. The topological polar surface area (TPSA) is 87.7 Å². The van der Waals surface area contributed by atoms with Crippen LogP contribution in [0.2, 0.25) is 0 Å². The third-order valence-electron chi connectivity index (χ3n) is 4.63. The Balaban J connectivity index is 1.57. The number of likely N-dealkylation sites (tertiary alicyclic amines) is 1. The van der Waals surface area contributed by atoms with Crippen molar-refractivity contribution < 1.29 is 4.79 Å². The lowest BCUT2D eigenvalue weighted by Gasteiger charge is -2.32. The summed E-state index contributed by atoms with van der Waals surface area (Å²) in [6.45, 7) is 3.30. The molecule has 0 unspecified atom stereocenters. The van der Waals surface area contributed by atoms with E-state index in [0.29, 0.717) is 17.9 Å². The minimum absolute atomic E-state index is 0.0276. The number of carbonyl (C=O) groups is 1. The van der Waals surface area contributed by atoms with E-state index in [1.807, 2.05) is 24.0 Å². The summed E-state index contributed by atoms with van der Waals surface area (Å²) in [5.74, 6) is 1.67. The van der Waals surface area contributed by atoms with Gasteiger partial charge in [-0.15, -0.1) is 0 Å². The first kappa shape index (κ1) is 16.4. The summed E-state index contributed by atoms with van der Waals surface area (Å²) < 4.78 is 0. The largest absolute Gasteiger partial charge is 0.343 e. The summed E-state index contributed by atoms with van der Waals surface area (Å²) in [6, 6.07) is 5.58. The Labute approximate surface area is 151 Å². The molecule has 7 nitrogen and oxygen atoms in total. The van der Waals surface area contributed by atoms with Crippen LogP contribution in [0.15, 0.2) is 43.0 Å². The highest BCUT2D eigenvalue weighted by molar-refractivity contribution is 5.94. The van der Waals surface area contributed by atoms with Crippen molar-refractivity contribution in [1.29, 1.82) is 0 Å². The van der Waals surface area contributed by atoms with Crippen molar-refractivity contribution >= 4 is 5.91 Å². The van der Waals surface area contributed by atoms with Crippen molar-refractivity contribution in [3.63, 3.8) is 0 Å². The van der Waals surface area contributed by atoms with Crippen LogP contribution in [0.3, 0.4) is 0 Å². The molecular weight excluding hydrogens is 328 g/mol. The van der Waals surface area contributed by atoms with Crippen molar-refractivity contribution in [2.45, 2.75) is 25.7 Å². The summed E-state index contributed by atoms with van der Waals surface area (Å²) in [5, 5.41) is 0. The lowest BCUT2D eigenvalue weighted by molar-refractivity contribution is 0.0705. The maximum Gasteiger partial charge on any atom is 0.255 e. The molecule has 26 heavy (non-hydrogen) atoms. The Kier molecular flexibility index (Phi) is 4.43. The molecule has 1 saturated heterocycles. The maximum atomic E-state index is 12.7. The number of carbonyl (C=O) groups excluding carboxylic acids is 1. The number of amides is 1.